The molecule has 244 valence electrons. The van der Waals surface area contributed by atoms with Crippen LogP contribution in [0.4, 0.5) is 5.69 Å². The van der Waals surface area contributed by atoms with Crippen molar-refractivity contribution in [3.05, 3.63) is 96.8 Å². The average Bonchev–Trinajstić information content (AvgIpc) is 3.50. The first-order valence-electron chi connectivity index (χ1n) is 15.5. The molecular formula is C35H37ClN6O5. The number of pyridine rings is 1. The van der Waals surface area contributed by atoms with Crippen LogP contribution in [0.3, 0.4) is 0 Å². The van der Waals surface area contributed by atoms with Gasteiger partial charge in [0, 0.05) is 81.8 Å². The zero-order valence-corrected chi connectivity index (χ0v) is 27.8. The Kier molecular flexibility index (Phi) is 8.78. The van der Waals surface area contributed by atoms with Gasteiger partial charge < -0.3 is 19.5 Å². The number of hydrogen-bond donors (Lipinski definition) is 1. The number of anilines is 1. The molecule has 1 aliphatic heterocycles. The summed E-state index contributed by atoms with van der Waals surface area (Å²) in [5.41, 5.74) is 5.26. The molecule has 1 unspecified atom stereocenters. The van der Waals surface area contributed by atoms with Gasteiger partial charge in [0.25, 0.3) is 11.5 Å². The van der Waals surface area contributed by atoms with Gasteiger partial charge in [-0.1, -0.05) is 41.9 Å². The maximum atomic E-state index is 13.2. The van der Waals surface area contributed by atoms with E-state index in [0.717, 1.165) is 58.3 Å². The second-order valence-electron chi connectivity index (χ2n) is 12.1. The van der Waals surface area contributed by atoms with Crippen molar-refractivity contribution in [1.82, 2.24) is 23.9 Å². The van der Waals surface area contributed by atoms with Gasteiger partial charge >= 0.3 is 5.69 Å². The zero-order chi connectivity index (χ0) is 33.6. The molecule has 47 heavy (non-hydrogen) atoms. The Bertz CT molecular complexity index is 2030. The van der Waals surface area contributed by atoms with Gasteiger partial charge in [-0.05, 0) is 48.6 Å². The number of aromatic nitrogens is 3. The lowest BCUT2D eigenvalue weighted by Crippen LogP contribution is -2.48. The Balaban J connectivity index is 1.31. The Morgan fingerprint density at radius 1 is 1.00 bits per heavy atom. The van der Waals surface area contributed by atoms with E-state index in [9.17, 15) is 19.2 Å². The van der Waals surface area contributed by atoms with Crippen LogP contribution in [-0.4, -0.2) is 69.0 Å². The number of halogens is 1. The minimum Gasteiger partial charge on any atom is -0.481 e. The van der Waals surface area contributed by atoms with Gasteiger partial charge in [0.2, 0.25) is 11.8 Å². The van der Waals surface area contributed by atoms with Gasteiger partial charge in [0.15, 0.2) is 0 Å². The molecule has 12 heteroatoms. The van der Waals surface area contributed by atoms with Crippen molar-refractivity contribution in [2.75, 3.05) is 38.6 Å². The number of carbonyl (C=O) groups excluding carboxylic acids is 2. The molecule has 1 aliphatic carbocycles. The van der Waals surface area contributed by atoms with Gasteiger partial charge in [-0.3, -0.25) is 23.9 Å². The topological polar surface area (TPSA) is 119 Å². The first-order valence-corrected chi connectivity index (χ1v) is 15.9. The molecule has 4 aromatic rings. The summed E-state index contributed by atoms with van der Waals surface area (Å²) in [5.74, 6) is 0.0789. The number of piperazine rings is 1. The van der Waals surface area contributed by atoms with Crippen molar-refractivity contribution in [3.63, 3.8) is 0 Å². The number of nitrogens with one attached hydrogen (secondary N) is 1. The number of hydrogen-bond acceptors (Lipinski definition) is 7. The highest BCUT2D eigenvalue weighted by Gasteiger charge is 2.34. The SMILES string of the molecule is COc1nc(-c2cccc(-c3cccc(NC(=O)c4cn(C)c(=O)n(C)c4=O)c3C)c2Cl)cc2c1C(N1CCN(C(C)=O)CC1)CC2. The van der Waals surface area contributed by atoms with E-state index in [0.29, 0.717) is 35.4 Å². The van der Waals surface area contributed by atoms with E-state index in [2.05, 4.69) is 16.3 Å². The summed E-state index contributed by atoms with van der Waals surface area (Å²) in [6.07, 6.45) is 3.08. The van der Waals surface area contributed by atoms with Crippen molar-refractivity contribution in [3.8, 4) is 28.3 Å². The van der Waals surface area contributed by atoms with Crippen LogP contribution in [0.25, 0.3) is 22.4 Å². The lowest BCUT2D eigenvalue weighted by atomic mass is 9.96. The van der Waals surface area contributed by atoms with Crippen LogP contribution in [0.15, 0.2) is 58.3 Å². The fraction of sp³-hybridized carbons (Fsp3) is 0.343. The fourth-order valence-electron chi connectivity index (χ4n) is 6.74. The molecule has 0 radical (unpaired) electrons. The van der Waals surface area contributed by atoms with E-state index in [1.807, 2.05) is 42.2 Å². The van der Waals surface area contributed by atoms with Crippen LogP contribution in [0.5, 0.6) is 5.88 Å². The predicted molar refractivity (Wildman–Crippen MR) is 181 cm³/mol. The summed E-state index contributed by atoms with van der Waals surface area (Å²) < 4.78 is 7.97. The number of benzene rings is 2. The van der Waals surface area contributed by atoms with Crippen LogP contribution >= 0.6 is 11.6 Å². The van der Waals surface area contributed by atoms with Crippen LogP contribution in [0, 0.1) is 6.92 Å². The minimum atomic E-state index is -0.672. The first kappa shape index (κ1) is 32.2. The quantitative estimate of drug-likeness (QED) is 0.331. The highest BCUT2D eigenvalue weighted by molar-refractivity contribution is 6.36. The summed E-state index contributed by atoms with van der Waals surface area (Å²) in [5, 5.41) is 3.35. The molecule has 1 atom stereocenters. The number of fused-ring (bicyclic) bond motifs is 1. The number of rotatable bonds is 6. The molecule has 11 nitrogen and oxygen atoms in total. The molecule has 2 aromatic heterocycles. The van der Waals surface area contributed by atoms with Gasteiger partial charge in [-0.2, -0.15) is 0 Å². The maximum absolute atomic E-state index is 13.2. The number of nitrogens with zero attached hydrogens (tertiary/aromatic N) is 5. The second kappa shape index (κ2) is 12.8. The van der Waals surface area contributed by atoms with Gasteiger partial charge in [-0.15, -0.1) is 0 Å². The van der Waals surface area contributed by atoms with E-state index in [-0.39, 0.29) is 17.5 Å². The van der Waals surface area contributed by atoms with Crippen LogP contribution in [-0.2, 0) is 25.3 Å². The normalized spacial score (nSPS) is 16.2. The molecule has 1 N–H and O–H groups in total. The molecule has 0 spiro atoms. The van der Waals surface area contributed by atoms with Gasteiger partial charge in [0.1, 0.15) is 5.56 Å². The number of amides is 2. The third-order valence-corrected chi connectivity index (χ3v) is 9.77. The Morgan fingerprint density at radius 2 is 1.68 bits per heavy atom. The van der Waals surface area contributed by atoms with Crippen molar-refractivity contribution in [2.24, 2.45) is 14.1 Å². The number of ether oxygens (including phenoxy) is 1. The molecule has 1 saturated heterocycles. The number of carbonyl (C=O) groups is 2. The number of aryl methyl sites for hydroxylation is 2. The van der Waals surface area contributed by atoms with Crippen LogP contribution < -0.4 is 21.3 Å². The standard InChI is InChI=1S/C35H37ClN6O5/c1-20-23(8-7-11-27(20)37-32(44)26-19-39(3)35(46)40(4)34(26)45)24-9-6-10-25(31(24)36)28-18-22-12-13-29(30(22)33(38-28)47-5)42-16-14-41(15-17-42)21(2)43/h6-11,18-19,29H,12-17H2,1-5H3,(H,37,44). The lowest BCUT2D eigenvalue weighted by molar-refractivity contribution is -0.130. The van der Waals surface area contributed by atoms with E-state index >= 15 is 0 Å². The minimum absolute atomic E-state index is 0.111. The third kappa shape index (κ3) is 5.85. The summed E-state index contributed by atoms with van der Waals surface area (Å²) in [6.45, 7) is 6.54. The third-order valence-electron chi connectivity index (χ3n) is 9.36. The van der Waals surface area contributed by atoms with E-state index in [1.54, 1.807) is 20.1 Å². The van der Waals surface area contributed by atoms with E-state index in [4.69, 9.17) is 21.3 Å². The molecular weight excluding hydrogens is 620 g/mol. The highest BCUT2D eigenvalue weighted by atomic mass is 35.5. The van der Waals surface area contributed by atoms with Crippen LogP contribution in [0.2, 0.25) is 5.02 Å². The number of methoxy groups -OCH3 is 1. The van der Waals surface area contributed by atoms with Gasteiger partial charge in [0.05, 0.1) is 17.8 Å². The second-order valence-corrected chi connectivity index (χ2v) is 12.5. The monoisotopic (exact) mass is 656 g/mol. The van der Waals surface area contributed by atoms with Crippen LogP contribution in [0.1, 0.15) is 46.4 Å². The Morgan fingerprint density at radius 3 is 2.38 bits per heavy atom. The van der Waals surface area contributed by atoms with Crippen molar-refractivity contribution in [1.29, 1.82) is 0 Å². The molecule has 1 fully saturated rings. The zero-order valence-electron chi connectivity index (χ0n) is 27.1. The summed E-state index contributed by atoms with van der Waals surface area (Å²) >= 11 is 7.13. The molecule has 2 aromatic carbocycles. The van der Waals surface area contributed by atoms with Gasteiger partial charge in [-0.25, -0.2) is 9.78 Å². The molecule has 2 aliphatic rings. The summed E-state index contributed by atoms with van der Waals surface area (Å²) in [6, 6.07) is 13.6. The Hall–Kier alpha value is -4.74. The summed E-state index contributed by atoms with van der Waals surface area (Å²) in [4.78, 5) is 59.0. The van der Waals surface area contributed by atoms with Crippen molar-refractivity contribution >= 4 is 29.1 Å². The molecule has 0 saturated carbocycles. The predicted octanol–water partition coefficient (Wildman–Crippen LogP) is 4.19. The largest absolute Gasteiger partial charge is 0.481 e. The highest BCUT2D eigenvalue weighted by Crippen LogP contribution is 2.45. The Labute approximate surface area is 277 Å². The smallest absolute Gasteiger partial charge is 0.330 e. The van der Waals surface area contributed by atoms with Crippen molar-refractivity contribution in [2.45, 2.75) is 32.7 Å². The van der Waals surface area contributed by atoms with E-state index in [1.165, 1.54) is 30.4 Å². The average molecular weight is 657 g/mol. The van der Waals surface area contributed by atoms with Crippen molar-refractivity contribution < 1.29 is 14.3 Å². The van der Waals surface area contributed by atoms with E-state index < -0.39 is 17.2 Å². The molecule has 0 bridgehead atoms. The molecule has 6 rings (SSSR count). The molecule has 2 amide bonds. The fourth-order valence-corrected chi connectivity index (χ4v) is 7.07. The molecule has 3 heterocycles. The lowest BCUT2D eigenvalue weighted by Gasteiger charge is -2.38. The maximum Gasteiger partial charge on any atom is 0.330 e. The summed E-state index contributed by atoms with van der Waals surface area (Å²) in [7, 11) is 4.47. The first-order chi connectivity index (χ1) is 22.5.